The van der Waals surface area contributed by atoms with Crippen LogP contribution >= 0.6 is 0 Å². The van der Waals surface area contributed by atoms with Gasteiger partial charge in [0, 0.05) is 25.2 Å². The first-order valence-corrected chi connectivity index (χ1v) is 12.0. The molecule has 2 aromatic carbocycles. The lowest BCUT2D eigenvalue weighted by Gasteiger charge is -2.26. The summed E-state index contributed by atoms with van der Waals surface area (Å²) in [4.78, 5) is 25.0. The first-order valence-electron chi connectivity index (χ1n) is 10.5. The molecule has 1 saturated heterocycles. The predicted octanol–water partition coefficient (Wildman–Crippen LogP) is 2.73. The average molecular weight is 461 g/mol. The molecule has 172 valence electrons. The Labute approximate surface area is 188 Å². The van der Waals surface area contributed by atoms with Gasteiger partial charge >= 0.3 is 5.97 Å². The Bertz CT molecular complexity index is 1060. The number of nitrogens with zero attached hydrogens (tertiary/aromatic N) is 1. The van der Waals surface area contributed by atoms with Gasteiger partial charge in [0.25, 0.3) is 5.91 Å². The summed E-state index contributed by atoms with van der Waals surface area (Å²) in [5, 5.41) is 2.71. The maximum Gasteiger partial charge on any atom is 0.338 e. The van der Waals surface area contributed by atoms with Crippen molar-refractivity contribution in [3.63, 3.8) is 0 Å². The minimum Gasteiger partial charge on any atom is -0.496 e. The van der Waals surface area contributed by atoms with Gasteiger partial charge in [-0.3, -0.25) is 4.79 Å². The Morgan fingerprint density at radius 2 is 1.78 bits per heavy atom. The molecule has 32 heavy (non-hydrogen) atoms. The van der Waals surface area contributed by atoms with Crippen molar-refractivity contribution in [2.24, 2.45) is 0 Å². The smallest absolute Gasteiger partial charge is 0.338 e. The van der Waals surface area contributed by atoms with Crippen molar-refractivity contribution in [3.05, 3.63) is 59.7 Å². The number of piperidine rings is 1. The normalized spacial score (nSPS) is 15.6. The molecule has 1 fully saturated rings. The van der Waals surface area contributed by atoms with Gasteiger partial charge in [-0.1, -0.05) is 30.7 Å². The Hall–Kier alpha value is -2.91. The molecule has 9 heteroatoms. The number of rotatable bonds is 8. The Morgan fingerprint density at radius 1 is 1.06 bits per heavy atom. The largest absolute Gasteiger partial charge is 0.496 e. The second kappa shape index (κ2) is 10.6. The summed E-state index contributed by atoms with van der Waals surface area (Å²) in [5.74, 6) is -0.592. The first kappa shape index (κ1) is 23.7. The van der Waals surface area contributed by atoms with Crippen LogP contribution in [0.3, 0.4) is 0 Å². The third-order valence-electron chi connectivity index (χ3n) is 5.32. The number of methoxy groups -OCH3 is 1. The standard InChI is InChI=1S/C23H28N2O6S/c1-17(22(26)24-16-19-9-4-5-12-21(19)30-2)31-23(27)18-10-8-11-20(15-18)32(28,29)25-13-6-3-7-14-25/h4-5,8-12,15,17H,3,6-7,13-14,16H2,1-2H3,(H,24,26). The van der Waals surface area contributed by atoms with Crippen LogP contribution in [0.1, 0.15) is 42.1 Å². The highest BCUT2D eigenvalue weighted by Gasteiger charge is 2.27. The predicted molar refractivity (Wildman–Crippen MR) is 119 cm³/mol. The van der Waals surface area contributed by atoms with Crippen molar-refractivity contribution in [1.29, 1.82) is 0 Å². The number of sulfonamides is 1. The molecule has 0 saturated carbocycles. The van der Waals surface area contributed by atoms with Crippen LogP contribution in [0.5, 0.6) is 5.75 Å². The van der Waals surface area contributed by atoms with E-state index in [9.17, 15) is 18.0 Å². The minimum absolute atomic E-state index is 0.0436. The van der Waals surface area contributed by atoms with Gasteiger partial charge in [0.05, 0.1) is 17.6 Å². The fraction of sp³-hybridized carbons (Fsp3) is 0.391. The topological polar surface area (TPSA) is 102 Å². The number of esters is 1. The van der Waals surface area contributed by atoms with Crippen LogP contribution in [-0.4, -0.2) is 50.9 Å². The number of hydrogen-bond donors (Lipinski definition) is 1. The fourth-order valence-electron chi connectivity index (χ4n) is 3.50. The molecular formula is C23H28N2O6S. The zero-order valence-corrected chi connectivity index (χ0v) is 19.1. The van der Waals surface area contributed by atoms with Crippen molar-refractivity contribution >= 4 is 21.9 Å². The van der Waals surface area contributed by atoms with E-state index in [1.165, 1.54) is 35.5 Å². The fourth-order valence-corrected chi connectivity index (χ4v) is 5.06. The quantitative estimate of drug-likeness (QED) is 0.608. The molecule has 1 atom stereocenters. The van der Waals surface area contributed by atoms with Gasteiger partial charge < -0.3 is 14.8 Å². The second-order valence-corrected chi connectivity index (χ2v) is 9.51. The molecule has 3 rings (SSSR count). The Kier molecular flexibility index (Phi) is 7.87. The lowest BCUT2D eigenvalue weighted by molar-refractivity contribution is -0.129. The van der Waals surface area contributed by atoms with E-state index in [4.69, 9.17) is 9.47 Å². The number of ether oxygens (including phenoxy) is 2. The number of nitrogens with one attached hydrogen (secondary N) is 1. The van der Waals surface area contributed by atoms with Crippen molar-refractivity contribution < 1.29 is 27.5 Å². The third kappa shape index (κ3) is 5.66. The molecule has 1 N–H and O–H groups in total. The summed E-state index contributed by atoms with van der Waals surface area (Å²) in [6, 6.07) is 13.0. The van der Waals surface area contributed by atoms with E-state index in [1.807, 2.05) is 18.2 Å². The maximum absolute atomic E-state index is 12.9. The van der Waals surface area contributed by atoms with Crippen molar-refractivity contribution in [3.8, 4) is 5.75 Å². The number of hydrogen-bond acceptors (Lipinski definition) is 6. The number of para-hydroxylation sites is 1. The molecule has 1 unspecified atom stereocenters. The van der Waals surface area contributed by atoms with E-state index in [0.29, 0.717) is 18.8 Å². The van der Waals surface area contributed by atoms with Crippen LogP contribution in [0.25, 0.3) is 0 Å². The van der Waals surface area contributed by atoms with E-state index < -0.39 is 28.0 Å². The van der Waals surface area contributed by atoms with Gasteiger partial charge in [0.1, 0.15) is 5.75 Å². The Morgan fingerprint density at radius 3 is 2.50 bits per heavy atom. The second-order valence-electron chi connectivity index (χ2n) is 7.57. The molecular weight excluding hydrogens is 432 g/mol. The van der Waals surface area contributed by atoms with Crippen LogP contribution in [-0.2, 0) is 26.1 Å². The Balaban J connectivity index is 1.62. The summed E-state index contributed by atoms with van der Waals surface area (Å²) in [6.07, 6.45) is 1.60. The lowest BCUT2D eigenvalue weighted by Crippen LogP contribution is -2.36. The summed E-state index contributed by atoms with van der Waals surface area (Å²) >= 11 is 0. The molecule has 8 nitrogen and oxygen atoms in total. The van der Waals surface area contributed by atoms with E-state index in [1.54, 1.807) is 13.2 Å². The van der Waals surface area contributed by atoms with Gasteiger partial charge in [-0.2, -0.15) is 4.31 Å². The summed E-state index contributed by atoms with van der Waals surface area (Å²) in [6.45, 7) is 2.62. The minimum atomic E-state index is -3.67. The molecule has 0 spiro atoms. The molecule has 0 bridgehead atoms. The summed E-state index contributed by atoms with van der Waals surface area (Å²) in [5.41, 5.74) is 0.866. The van der Waals surface area contributed by atoms with Crippen molar-refractivity contribution in [2.75, 3.05) is 20.2 Å². The summed E-state index contributed by atoms with van der Waals surface area (Å²) in [7, 11) is -2.13. The third-order valence-corrected chi connectivity index (χ3v) is 7.22. The van der Waals surface area contributed by atoms with Crippen LogP contribution in [0.4, 0.5) is 0 Å². The van der Waals surface area contributed by atoms with E-state index in [-0.39, 0.29) is 17.0 Å². The highest BCUT2D eigenvalue weighted by atomic mass is 32.2. The molecule has 0 aliphatic carbocycles. The van der Waals surface area contributed by atoms with E-state index in [2.05, 4.69) is 5.32 Å². The van der Waals surface area contributed by atoms with Crippen LogP contribution in [0.2, 0.25) is 0 Å². The molecule has 1 amide bonds. The average Bonchev–Trinajstić information content (AvgIpc) is 2.83. The lowest BCUT2D eigenvalue weighted by atomic mass is 10.2. The SMILES string of the molecule is COc1ccccc1CNC(=O)C(C)OC(=O)c1cccc(S(=O)(=O)N2CCCCC2)c1. The van der Waals surface area contributed by atoms with Crippen molar-refractivity contribution in [1.82, 2.24) is 9.62 Å². The van der Waals surface area contributed by atoms with Crippen LogP contribution in [0, 0.1) is 0 Å². The highest BCUT2D eigenvalue weighted by molar-refractivity contribution is 7.89. The number of amides is 1. The molecule has 2 aromatic rings. The first-order chi connectivity index (χ1) is 15.3. The number of carbonyl (C=O) groups excluding carboxylic acids is 2. The van der Waals surface area contributed by atoms with Crippen LogP contribution in [0.15, 0.2) is 53.4 Å². The maximum atomic E-state index is 12.9. The van der Waals surface area contributed by atoms with Crippen LogP contribution < -0.4 is 10.1 Å². The van der Waals surface area contributed by atoms with Gasteiger partial charge in [-0.15, -0.1) is 0 Å². The number of carbonyl (C=O) groups is 2. The van der Waals surface area contributed by atoms with Crippen molar-refractivity contribution in [2.45, 2.75) is 43.7 Å². The van der Waals surface area contributed by atoms with E-state index >= 15 is 0 Å². The molecule has 1 heterocycles. The molecule has 0 radical (unpaired) electrons. The van der Waals surface area contributed by atoms with Gasteiger partial charge in [0.2, 0.25) is 10.0 Å². The van der Waals surface area contributed by atoms with Gasteiger partial charge in [-0.25, -0.2) is 13.2 Å². The zero-order chi connectivity index (χ0) is 23.1. The zero-order valence-electron chi connectivity index (χ0n) is 18.2. The number of benzene rings is 2. The summed E-state index contributed by atoms with van der Waals surface area (Å²) < 4.78 is 37.7. The van der Waals surface area contributed by atoms with Gasteiger partial charge in [0.15, 0.2) is 6.10 Å². The molecule has 1 aliphatic heterocycles. The highest BCUT2D eigenvalue weighted by Crippen LogP contribution is 2.22. The molecule has 1 aliphatic rings. The monoisotopic (exact) mass is 460 g/mol. The van der Waals surface area contributed by atoms with Gasteiger partial charge in [-0.05, 0) is 44.0 Å². The molecule has 0 aromatic heterocycles. The van der Waals surface area contributed by atoms with E-state index in [0.717, 1.165) is 24.8 Å².